The number of methoxy groups -OCH3 is 1. The van der Waals surface area contributed by atoms with E-state index in [1.807, 2.05) is 0 Å². The zero-order chi connectivity index (χ0) is 13.9. The van der Waals surface area contributed by atoms with Gasteiger partial charge in [-0.15, -0.1) is 0 Å². The molecule has 7 heteroatoms. The third-order valence-electron chi connectivity index (χ3n) is 2.26. The smallest absolute Gasteiger partial charge is 0.389 e. The van der Waals surface area contributed by atoms with Crippen LogP contribution in [0.3, 0.4) is 0 Å². The summed E-state index contributed by atoms with van der Waals surface area (Å²) in [5, 5.41) is 0.439. The van der Waals surface area contributed by atoms with Gasteiger partial charge in [0.2, 0.25) is 0 Å². The fraction of sp³-hybridized carbons (Fsp3) is 0.455. The van der Waals surface area contributed by atoms with E-state index in [2.05, 4.69) is 31.9 Å². The molecule has 0 heterocycles. The third kappa shape index (κ3) is 4.63. The van der Waals surface area contributed by atoms with Crippen molar-refractivity contribution in [2.75, 3.05) is 7.11 Å². The number of rotatable bonds is 4. The van der Waals surface area contributed by atoms with Crippen LogP contribution in [0.25, 0.3) is 0 Å². The minimum absolute atomic E-state index is 0.0767. The van der Waals surface area contributed by atoms with Gasteiger partial charge in [0, 0.05) is 21.8 Å². The zero-order valence-electron chi connectivity index (χ0n) is 9.32. The summed E-state index contributed by atoms with van der Waals surface area (Å²) in [7, 11) is 1.46. The molecule has 0 saturated heterocycles. The predicted molar refractivity (Wildman–Crippen MR) is 72.7 cm³/mol. The second-order valence-electron chi connectivity index (χ2n) is 3.63. The van der Waals surface area contributed by atoms with Crippen molar-refractivity contribution in [1.82, 2.24) is 0 Å². The Balaban J connectivity index is 2.94. The molecule has 0 spiro atoms. The van der Waals surface area contributed by atoms with Crippen LogP contribution in [0.1, 0.15) is 23.2 Å². The third-order valence-corrected chi connectivity index (χ3v) is 4.02. The van der Waals surface area contributed by atoms with Gasteiger partial charge in [-0.2, -0.15) is 13.2 Å². The molecule has 0 aliphatic carbocycles. The van der Waals surface area contributed by atoms with Crippen molar-refractivity contribution in [1.29, 1.82) is 0 Å². The number of halogens is 6. The van der Waals surface area contributed by atoms with Crippen LogP contribution in [0.2, 0.25) is 5.02 Å². The Labute approximate surface area is 125 Å². The maximum atomic E-state index is 12.2. The summed E-state index contributed by atoms with van der Waals surface area (Å²) in [6.07, 6.45) is -5.11. The highest BCUT2D eigenvalue weighted by Gasteiger charge is 2.29. The highest BCUT2D eigenvalue weighted by atomic mass is 79.9. The first kappa shape index (κ1) is 16.1. The Morgan fingerprint density at radius 2 is 2.00 bits per heavy atom. The molecule has 0 fully saturated rings. The second kappa shape index (κ2) is 6.48. The standard InChI is InChI=1S/C11H10Br2ClF3O/c1-18-10-7(4-6(14)5-9(10)13)8(12)2-3-11(15,16)17/h4-5,8H,2-3H2,1H3. The summed E-state index contributed by atoms with van der Waals surface area (Å²) in [6, 6.07) is 3.23. The van der Waals surface area contributed by atoms with E-state index in [0.717, 1.165) is 0 Å². The largest absolute Gasteiger partial charge is 0.495 e. The summed E-state index contributed by atoms with van der Waals surface area (Å²) in [6.45, 7) is 0. The maximum absolute atomic E-state index is 12.2. The highest BCUT2D eigenvalue weighted by molar-refractivity contribution is 9.10. The van der Waals surface area contributed by atoms with E-state index >= 15 is 0 Å². The molecule has 0 radical (unpaired) electrons. The molecule has 1 aromatic carbocycles. The van der Waals surface area contributed by atoms with Crippen LogP contribution in [0, 0.1) is 0 Å². The van der Waals surface area contributed by atoms with Gasteiger partial charge in [0.1, 0.15) is 5.75 Å². The van der Waals surface area contributed by atoms with Gasteiger partial charge in [0.25, 0.3) is 0 Å². The molecule has 102 valence electrons. The summed E-state index contributed by atoms with van der Waals surface area (Å²) in [5.74, 6) is 0.489. The first-order valence-electron chi connectivity index (χ1n) is 4.98. The summed E-state index contributed by atoms with van der Waals surface area (Å²) >= 11 is 12.4. The highest BCUT2D eigenvalue weighted by Crippen LogP contribution is 2.42. The topological polar surface area (TPSA) is 9.23 Å². The molecule has 0 bridgehead atoms. The van der Waals surface area contributed by atoms with Gasteiger partial charge in [0.15, 0.2) is 0 Å². The van der Waals surface area contributed by atoms with Crippen LogP contribution in [0.5, 0.6) is 5.75 Å². The number of alkyl halides is 4. The molecule has 1 nitrogen and oxygen atoms in total. The number of benzene rings is 1. The molecule has 0 saturated carbocycles. The van der Waals surface area contributed by atoms with Crippen molar-refractivity contribution in [2.45, 2.75) is 23.8 Å². The van der Waals surface area contributed by atoms with Gasteiger partial charge >= 0.3 is 6.18 Å². The number of hydrogen-bond acceptors (Lipinski definition) is 1. The lowest BCUT2D eigenvalue weighted by Gasteiger charge is -2.17. The van der Waals surface area contributed by atoms with Crippen molar-refractivity contribution < 1.29 is 17.9 Å². The average molecular weight is 410 g/mol. The van der Waals surface area contributed by atoms with Gasteiger partial charge in [-0.05, 0) is 34.5 Å². The molecule has 1 rings (SSSR count). The molecular formula is C11H10Br2ClF3O. The van der Waals surface area contributed by atoms with E-state index in [-0.39, 0.29) is 6.42 Å². The van der Waals surface area contributed by atoms with Crippen LogP contribution in [-0.2, 0) is 0 Å². The Kier molecular flexibility index (Phi) is 5.80. The lowest BCUT2D eigenvalue weighted by Crippen LogP contribution is -2.08. The van der Waals surface area contributed by atoms with Crippen LogP contribution in [0.15, 0.2) is 16.6 Å². The normalized spacial score (nSPS) is 13.5. The zero-order valence-corrected chi connectivity index (χ0v) is 13.3. The van der Waals surface area contributed by atoms with Gasteiger partial charge in [0.05, 0.1) is 11.6 Å². The second-order valence-corrected chi connectivity index (χ2v) is 6.03. The molecular weight excluding hydrogens is 400 g/mol. The minimum Gasteiger partial charge on any atom is -0.495 e. The van der Waals surface area contributed by atoms with Gasteiger partial charge in [-0.3, -0.25) is 0 Å². The molecule has 0 N–H and O–H groups in total. The van der Waals surface area contributed by atoms with Gasteiger partial charge in [-0.25, -0.2) is 0 Å². The Bertz CT molecular complexity index is 423. The Morgan fingerprint density at radius 1 is 1.39 bits per heavy atom. The lowest BCUT2D eigenvalue weighted by molar-refractivity contribution is -0.135. The maximum Gasteiger partial charge on any atom is 0.389 e. The number of ether oxygens (including phenoxy) is 1. The first-order valence-corrected chi connectivity index (χ1v) is 7.07. The lowest BCUT2D eigenvalue weighted by atomic mass is 10.1. The van der Waals surface area contributed by atoms with Gasteiger partial charge < -0.3 is 4.74 Å². The Morgan fingerprint density at radius 3 is 2.50 bits per heavy atom. The van der Waals surface area contributed by atoms with Crippen molar-refractivity contribution >= 4 is 43.5 Å². The van der Waals surface area contributed by atoms with Crippen LogP contribution in [-0.4, -0.2) is 13.3 Å². The first-order chi connectivity index (χ1) is 8.24. The quantitative estimate of drug-likeness (QED) is 0.563. The Hall–Kier alpha value is 0.0600. The minimum atomic E-state index is -4.17. The fourth-order valence-electron chi connectivity index (χ4n) is 1.47. The van der Waals surface area contributed by atoms with E-state index < -0.39 is 17.4 Å². The van der Waals surface area contributed by atoms with E-state index in [9.17, 15) is 13.2 Å². The molecule has 0 aliphatic heterocycles. The SMILES string of the molecule is COc1c(Br)cc(Cl)cc1C(Br)CCC(F)(F)F. The van der Waals surface area contributed by atoms with Crippen molar-refractivity contribution in [2.24, 2.45) is 0 Å². The van der Waals surface area contributed by atoms with E-state index in [4.69, 9.17) is 16.3 Å². The molecule has 1 atom stereocenters. The monoisotopic (exact) mass is 408 g/mol. The molecule has 0 amide bonds. The summed E-state index contributed by atoms with van der Waals surface area (Å²) < 4.78 is 42.3. The van der Waals surface area contributed by atoms with E-state index in [1.54, 1.807) is 12.1 Å². The fourth-order valence-corrected chi connectivity index (χ4v) is 3.04. The van der Waals surface area contributed by atoms with Crippen molar-refractivity contribution in [3.63, 3.8) is 0 Å². The van der Waals surface area contributed by atoms with Crippen LogP contribution >= 0.6 is 43.5 Å². The summed E-state index contributed by atoms with van der Waals surface area (Å²) in [4.78, 5) is -0.468. The summed E-state index contributed by atoms with van der Waals surface area (Å²) in [5.41, 5.74) is 0.598. The van der Waals surface area contributed by atoms with E-state index in [1.165, 1.54) is 7.11 Å². The molecule has 18 heavy (non-hydrogen) atoms. The number of hydrogen-bond donors (Lipinski definition) is 0. The average Bonchev–Trinajstić information content (AvgIpc) is 2.24. The van der Waals surface area contributed by atoms with Gasteiger partial charge in [-0.1, -0.05) is 27.5 Å². The van der Waals surface area contributed by atoms with Crippen LogP contribution < -0.4 is 4.74 Å². The van der Waals surface area contributed by atoms with Crippen molar-refractivity contribution in [3.05, 3.63) is 27.2 Å². The molecule has 1 aromatic rings. The van der Waals surface area contributed by atoms with Crippen LogP contribution in [0.4, 0.5) is 13.2 Å². The van der Waals surface area contributed by atoms with E-state index in [0.29, 0.717) is 20.8 Å². The molecule has 0 aliphatic rings. The molecule has 0 aromatic heterocycles. The van der Waals surface area contributed by atoms with Crippen molar-refractivity contribution in [3.8, 4) is 5.75 Å². The molecule has 1 unspecified atom stereocenters. The predicted octanol–water partition coefficient (Wildman–Crippen LogP) is 5.89.